The molecule has 0 aliphatic rings. The Kier molecular flexibility index (Phi) is 5.65. The molecule has 0 aliphatic heterocycles. The van der Waals surface area contributed by atoms with Gasteiger partial charge in [-0.3, -0.25) is 10.1 Å². The van der Waals surface area contributed by atoms with Crippen LogP contribution in [0.5, 0.6) is 5.75 Å². The van der Waals surface area contributed by atoms with Crippen molar-refractivity contribution in [3.63, 3.8) is 0 Å². The van der Waals surface area contributed by atoms with Crippen molar-refractivity contribution in [1.82, 2.24) is 5.32 Å². The topological polar surface area (TPSA) is 64.4 Å². The first-order valence-corrected chi connectivity index (χ1v) is 6.12. The second-order valence-electron chi connectivity index (χ2n) is 3.97. The van der Waals surface area contributed by atoms with Crippen molar-refractivity contribution in [2.75, 3.05) is 20.2 Å². The highest BCUT2D eigenvalue weighted by Crippen LogP contribution is 2.35. The summed E-state index contributed by atoms with van der Waals surface area (Å²) in [7, 11) is 1.83. The van der Waals surface area contributed by atoms with Crippen molar-refractivity contribution in [1.29, 1.82) is 0 Å². The Bertz CT molecular complexity index is 441. The third kappa shape index (κ3) is 4.01. The van der Waals surface area contributed by atoms with Gasteiger partial charge in [0.15, 0.2) is 5.75 Å². The van der Waals surface area contributed by atoms with Crippen LogP contribution in [0.15, 0.2) is 12.1 Å². The lowest BCUT2D eigenvalue weighted by Gasteiger charge is -2.13. The minimum absolute atomic E-state index is 0.136. The lowest BCUT2D eigenvalue weighted by atomic mass is 10.2. The predicted octanol–water partition coefficient (Wildman–Crippen LogP) is 3.14. The first-order valence-electron chi connectivity index (χ1n) is 5.36. The molecule has 0 saturated heterocycles. The van der Waals surface area contributed by atoms with Crippen molar-refractivity contribution < 1.29 is 9.66 Å². The van der Waals surface area contributed by atoms with Crippen LogP contribution in [0.2, 0.25) is 10.0 Å². The van der Waals surface area contributed by atoms with Crippen molar-refractivity contribution in [3.05, 3.63) is 32.3 Å². The fourth-order valence-corrected chi connectivity index (χ4v) is 1.73. The molecule has 1 unspecified atom stereocenters. The molecule has 0 aliphatic carbocycles. The zero-order valence-corrected chi connectivity index (χ0v) is 11.6. The lowest BCUT2D eigenvalue weighted by Crippen LogP contribution is -2.21. The molecule has 1 atom stereocenters. The summed E-state index contributed by atoms with van der Waals surface area (Å²) in [5, 5.41) is 14.2. The zero-order valence-electron chi connectivity index (χ0n) is 10.1. The normalized spacial score (nSPS) is 12.2. The van der Waals surface area contributed by atoms with Gasteiger partial charge < -0.3 is 10.1 Å². The van der Waals surface area contributed by atoms with Crippen LogP contribution in [-0.2, 0) is 0 Å². The number of hydrogen-bond acceptors (Lipinski definition) is 4. The van der Waals surface area contributed by atoms with Crippen LogP contribution in [-0.4, -0.2) is 25.1 Å². The van der Waals surface area contributed by atoms with Crippen molar-refractivity contribution >= 4 is 28.9 Å². The van der Waals surface area contributed by atoms with Gasteiger partial charge in [-0.25, -0.2) is 0 Å². The van der Waals surface area contributed by atoms with E-state index in [0.717, 1.165) is 6.54 Å². The van der Waals surface area contributed by atoms with Gasteiger partial charge >= 0.3 is 5.69 Å². The van der Waals surface area contributed by atoms with Gasteiger partial charge in [0.1, 0.15) is 0 Å². The smallest absolute Gasteiger partial charge is 0.312 e. The Morgan fingerprint density at radius 1 is 1.44 bits per heavy atom. The molecule has 1 N–H and O–H groups in total. The highest BCUT2D eigenvalue weighted by molar-refractivity contribution is 6.42. The van der Waals surface area contributed by atoms with E-state index in [0.29, 0.717) is 6.61 Å². The summed E-state index contributed by atoms with van der Waals surface area (Å²) < 4.78 is 5.42. The fourth-order valence-electron chi connectivity index (χ4n) is 1.42. The largest absolute Gasteiger partial charge is 0.486 e. The van der Waals surface area contributed by atoms with Gasteiger partial charge in [0, 0.05) is 24.6 Å². The minimum Gasteiger partial charge on any atom is -0.486 e. The molecule has 0 aromatic heterocycles. The number of halogens is 2. The standard InChI is InChI=1S/C11H14Cl2N2O3/c1-7(5-14-2)6-18-11-4-9(13)8(12)3-10(11)15(16)17/h3-4,7,14H,5-6H2,1-2H3. The minimum atomic E-state index is -0.541. The molecular weight excluding hydrogens is 279 g/mol. The molecule has 0 amide bonds. The number of benzene rings is 1. The third-order valence-electron chi connectivity index (χ3n) is 2.27. The molecule has 0 heterocycles. The second-order valence-corrected chi connectivity index (χ2v) is 4.78. The highest BCUT2D eigenvalue weighted by atomic mass is 35.5. The molecule has 0 saturated carbocycles. The number of nitrogens with one attached hydrogen (secondary N) is 1. The fraction of sp³-hybridized carbons (Fsp3) is 0.455. The Labute approximate surface area is 115 Å². The first kappa shape index (κ1) is 15.0. The lowest BCUT2D eigenvalue weighted by molar-refractivity contribution is -0.385. The Hall–Kier alpha value is -1.04. The van der Waals surface area contributed by atoms with E-state index in [9.17, 15) is 10.1 Å². The average molecular weight is 293 g/mol. The molecule has 0 bridgehead atoms. The summed E-state index contributed by atoms with van der Waals surface area (Å²) in [5.74, 6) is 0.362. The van der Waals surface area contributed by atoms with Crippen molar-refractivity contribution in [3.8, 4) is 5.75 Å². The molecule has 18 heavy (non-hydrogen) atoms. The Balaban J connectivity index is 2.86. The van der Waals surface area contributed by atoms with Crippen LogP contribution in [0.3, 0.4) is 0 Å². The van der Waals surface area contributed by atoms with Gasteiger partial charge in [0.05, 0.1) is 21.6 Å². The van der Waals surface area contributed by atoms with E-state index in [2.05, 4.69) is 5.32 Å². The molecule has 7 heteroatoms. The summed E-state index contributed by atoms with van der Waals surface area (Å²) in [4.78, 5) is 10.3. The van der Waals surface area contributed by atoms with Gasteiger partial charge in [0.2, 0.25) is 0 Å². The number of nitrogens with zero attached hydrogens (tertiary/aromatic N) is 1. The first-order chi connectivity index (χ1) is 8.45. The van der Waals surface area contributed by atoms with Crippen molar-refractivity contribution in [2.45, 2.75) is 6.92 Å². The van der Waals surface area contributed by atoms with E-state index < -0.39 is 4.92 Å². The highest BCUT2D eigenvalue weighted by Gasteiger charge is 2.19. The predicted molar refractivity (Wildman–Crippen MR) is 71.7 cm³/mol. The van der Waals surface area contributed by atoms with E-state index >= 15 is 0 Å². The monoisotopic (exact) mass is 292 g/mol. The average Bonchev–Trinajstić information content (AvgIpc) is 2.30. The second kappa shape index (κ2) is 6.78. The molecule has 1 aromatic rings. The van der Waals surface area contributed by atoms with Crippen LogP contribution in [0.1, 0.15) is 6.92 Å². The van der Waals surface area contributed by atoms with Crippen LogP contribution in [0.4, 0.5) is 5.69 Å². The maximum Gasteiger partial charge on any atom is 0.312 e. The van der Waals surface area contributed by atoms with Crippen molar-refractivity contribution in [2.24, 2.45) is 5.92 Å². The molecule has 0 fully saturated rings. The summed E-state index contributed by atoms with van der Waals surface area (Å²) in [5.41, 5.74) is -0.180. The van der Waals surface area contributed by atoms with E-state index in [1.54, 1.807) is 0 Å². The summed E-state index contributed by atoms with van der Waals surface area (Å²) in [6.45, 7) is 3.09. The number of hydrogen-bond donors (Lipinski definition) is 1. The van der Waals surface area contributed by atoms with Gasteiger partial charge in [0.25, 0.3) is 0 Å². The summed E-state index contributed by atoms with van der Waals surface area (Å²) in [6.07, 6.45) is 0. The molecule has 5 nitrogen and oxygen atoms in total. The number of nitro groups is 1. The van der Waals surface area contributed by atoms with Gasteiger partial charge in [-0.1, -0.05) is 30.1 Å². The Morgan fingerprint density at radius 3 is 2.61 bits per heavy atom. The van der Waals surface area contributed by atoms with Crippen LogP contribution in [0.25, 0.3) is 0 Å². The third-order valence-corrected chi connectivity index (χ3v) is 3.00. The van der Waals surface area contributed by atoms with E-state index in [1.807, 2.05) is 14.0 Å². The zero-order chi connectivity index (χ0) is 13.7. The van der Waals surface area contributed by atoms with Gasteiger partial charge in [-0.15, -0.1) is 0 Å². The van der Waals surface area contributed by atoms with E-state index in [-0.39, 0.29) is 27.4 Å². The molecule has 1 rings (SSSR count). The Morgan fingerprint density at radius 2 is 2.06 bits per heavy atom. The SMILES string of the molecule is CNCC(C)COc1cc(Cl)c(Cl)cc1[N+](=O)[O-]. The molecule has 100 valence electrons. The summed E-state index contributed by atoms with van der Waals surface area (Å²) in [6, 6.07) is 2.57. The quantitative estimate of drug-likeness (QED) is 0.646. The van der Waals surface area contributed by atoms with E-state index in [4.69, 9.17) is 27.9 Å². The number of rotatable bonds is 6. The summed E-state index contributed by atoms with van der Waals surface area (Å²) >= 11 is 11.6. The van der Waals surface area contributed by atoms with Gasteiger partial charge in [-0.05, 0) is 7.05 Å². The maximum atomic E-state index is 10.9. The number of nitro benzene ring substituents is 1. The van der Waals surface area contributed by atoms with Crippen LogP contribution >= 0.6 is 23.2 Å². The number of ether oxygens (including phenoxy) is 1. The van der Waals surface area contributed by atoms with Gasteiger partial charge in [-0.2, -0.15) is 0 Å². The maximum absolute atomic E-state index is 10.9. The van der Waals surface area contributed by atoms with Crippen LogP contribution < -0.4 is 10.1 Å². The van der Waals surface area contributed by atoms with E-state index in [1.165, 1.54) is 12.1 Å². The molecular formula is C11H14Cl2N2O3. The van der Waals surface area contributed by atoms with Crippen LogP contribution in [0, 0.1) is 16.0 Å². The molecule has 1 aromatic carbocycles. The molecule has 0 spiro atoms. The molecule has 0 radical (unpaired) electrons.